The normalized spacial score (nSPS) is 19.2. The third kappa shape index (κ3) is 1.96. The van der Waals surface area contributed by atoms with Crippen LogP contribution >= 0.6 is 15.9 Å². The highest BCUT2D eigenvalue weighted by Gasteiger charge is 2.18. The van der Waals surface area contributed by atoms with E-state index in [1.165, 1.54) is 37.8 Å². The Balaban J connectivity index is 2.18. The first kappa shape index (κ1) is 9.25. The van der Waals surface area contributed by atoms with Gasteiger partial charge < -0.3 is 0 Å². The van der Waals surface area contributed by atoms with Crippen LogP contribution in [0.3, 0.4) is 0 Å². The monoisotopic (exact) mass is 242 g/mol. The molecule has 72 valence electrons. The Labute approximate surface area is 87.5 Å². The molecule has 3 heteroatoms. The number of halogens is 1. The third-order valence-corrected chi connectivity index (χ3v) is 3.30. The van der Waals surface area contributed by atoms with Crippen LogP contribution in [0.5, 0.6) is 0 Å². The average Bonchev–Trinajstić information content (AvgIpc) is 2.47. The molecule has 0 aliphatic heterocycles. The van der Waals surface area contributed by atoms with Crippen molar-refractivity contribution >= 4 is 15.9 Å². The Morgan fingerprint density at radius 2 is 2.08 bits per heavy atom. The van der Waals surface area contributed by atoms with Gasteiger partial charge in [0.1, 0.15) is 4.60 Å². The summed E-state index contributed by atoms with van der Waals surface area (Å²) in [5.41, 5.74) is 1.39. The van der Waals surface area contributed by atoms with Crippen LogP contribution < -0.4 is 0 Å². The van der Waals surface area contributed by atoms with E-state index in [4.69, 9.17) is 0 Å². The molecule has 1 heterocycles. The Hall–Kier alpha value is -0.310. The molecule has 1 aromatic rings. The van der Waals surface area contributed by atoms with Crippen molar-refractivity contribution in [1.82, 2.24) is 9.78 Å². The van der Waals surface area contributed by atoms with Crippen molar-refractivity contribution < 1.29 is 0 Å². The summed E-state index contributed by atoms with van der Waals surface area (Å²) < 4.78 is 2.98. The first-order valence-corrected chi connectivity index (χ1v) is 5.76. The lowest BCUT2D eigenvalue weighted by Gasteiger charge is -2.21. The Bertz CT molecular complexity index is 287. The molecule has 13 heavy (non-hydrogen) atoms. The van der Waals surface area contributed by atoms with Crippen LogP contribution in [0.2, 0.25) is 0 Å². The Morgan fingerprint density at radius 1 is 1.38 bits per heavy atom. The molecule has 2 rings (SSSR count). The van der Waals surface area contributed by atoms with Crippen LogP contribution in [0.15, 0.2) is 10.7 Å². The Kier molecular flexibility index (Phi) is 2.72. The van der Waals surface area contributed by atoms with Crippen molar-refractivity contribution in [2.75, 3.05) is 0 Å². The molecule has 1 aromatic heterocycles. The lowest BCUT2D eigenvalue weighted by molar-refractivity contribution is 0.424. The van der Waals surface area contributed by atoms with Crippen LogP contribution in [0, 0.1) is 0 Å². The molecule has 0 radical (unpaired) electrons. The standard InChI is InChI=1S/C10H15BrN2/c1-13-9(7-10(11)12-13)8-5-3-2-4-6-8/h7-8H,2-6H2,1H3. The molecule has 0 aromatic carbocycles. The van der Waals surface area contributed by atoms with Crippen LogP contribution in [-0.2, 0) is 7.05 Å². The van der Waals surface area contributed by atoms with E-state index in [-0.39, 0.29) is 0 Å². The van der Waals surface area contributed by atoms with Crippen molar-refractivity contribution in [3.8, 4) is 0 Å². The molecule has 0 unspecified atom stereocenters. The fraction of sp³-hybridized carbons (Fsp3) is 0.700. The van der Waals surface area contributed by atoms with Crippen molar-refractivity contribution in [3.63, 3.8) is 0 Å². The van der Waals surface area contributed by atoms with E-state index in [2.05, 4.69) is 27.1 Å². The van der Waals surface area contributed by atoms with Crippen molar-refractivity contribution in [2.45, 2.75) is 38.0 Å². The number of hydrogen-bond donors (Lipinski definition) is 0. The maximum Gasteiger partial charge on any atom is 0.128 e. The molecule has 0 atom stereocenters. The molecule has 2 nitrogen and oxygen atoms in total. The zero-order valence-electron chi connectivity index (χ0n) is 7.96. The smallest absolute Gasteiger partial charge is 0.128 e. The maximum atomic E-state index is 4.32. The van der Waals surface area contributed by atoms with Crippen LogP contribution in [0.25, 0.3) is 0 Å². The van der Waals surface area contributed by atoms with E-state index >= 15 is 0 Å². The summed E-state index contributed by atoms with van der Waals surface area (Å²) in [6.45, 7) is 0. The number of nitrogens with zero attached hydrogens (tertiary/aromatic N) is 2. The van der Waals surface area contributed by atoms with Gasteiger partial charge >= 0.3 is 0 Å². The SMILES string of the molecule is Cn1nc(Br)cc1C1CCCCC1. The lowest BCUT2D eigenvalue weighted by atomic mass is 9.87. The van der Waals surface area contributed by atoms with E-state index in [0.717, 1.165) is 10.5 Å². The van der Waals surface area contributed by atoms with Crippen LogP contribution in [-0.4, -0.2) is 9.78 Å². The van der Waals surface area contributed by atoms with E-state index in [0.29, 0.717) is 0 Å². The summed E-state index contributed by atoms with van der Waals surface area (Å²) >= 11 is 3.42. The summed E-state index contributed by atoms with van der Waals surface area (Å²) in [4.78, 5) is 0. The number of aromatic nitrogens is 2. The molecule has 1 fully saturated rings. The lowest BCUT2D eigenvalue weighted by Crippen LogP contribution is -2.09. The second-order valence-corrected chi connectivity index (χ2v) is 4.66. The highest BCUT2D eigenvalue weighted by Crippen LogP contribution is 2.33. The van der Waals surface area contributed by atoms with E-state index in [1.54, 1.807) is 0 Å². The molecule has 0 amide bonds. The zero-order valence-corrected chi connectivity index (χ0v) is 9.55. The van der Waals surface area contributed by atoms with Gasteiger partial charge in [0.15, 0.2) is 0 Å². The zero-order chi connectivity index (χ0) is 9.26. The quantitative estimate of drug-likeness (QED) is 0.740. The van der Waals surface area contributed by atoms with Gasteiger partial charge in [-0.05, 0) is 34.8 Å². The number of aryl methyl sites for hydroxylation is 1. The predicted octanol–water partition coefficient (Wildman–Crippen LogP) is 3.23. The molecule has 0 saturated heterocycles. The molecular weight excluding hydrogens is 228 g/mol. The van der Waals surface area contributed by atoms with Gasteiger partial charge in [-0.2, -0.15) is 5.10 Å². The first-order chi connectivity index (χ1) is 6.27. The van der Waals surface area contributed by atoms with E-state index < -0.39 is 0 Å². The van der Waals surface area contributed by atoms with E-state index in [1.807, 2.05) is 11.7 Å². The fourth-order valence-corrected chi connectivity index (χ4v) is 2.70. The maximum absolute atomic E-state index is 4.32. The second kappa shape index (κ2) is 3.82. The molecule has 0 N–H and O–H groups in total. The average molecular weight is 243 g/mol. The van der Waals surface area contributed by atoms with Gasteiger partial charge in [0.2, 0.25) is 0 Å². The molecule has 0 bridgehead atoms. The molecular formula is C10H15BrN2. The largest absolute Gasteiger partial charge is 0.271 e. The van der Waals surface area contributed by atoms with Crippen LogP contribution in [0.1, 0.15) is 43.7 Å². The third-order valence-electron chi connectivity index (χ3n) is 2.91. The molecule has 1 aliphatic carbocycles. The van der Waals surface area contributed by atoms with Gasteiger partial charge in [0.25, 0.3) is 0 Å². The molecule has 0 spiro atoms. The van der Waals surface area contributed by atoms with Gasteiger partial charge in [-0.15, -0.1) is 0 Å². The minimum atomic E-state index is 0.748. The highest BCUT2D eigenvalue weighted by atomic mass is 79.9. The topological polar surface area (TPSA) is 17.8 Å². The van der Waals surface area contributed by atoms with Gasteiger partial charge in [0.05, 0.1) is 0 Å². The van der Waals surface area contributed by atoms with Crippen molar-refractivity contribution in [1.29, 1.82) is 0 Å². The Morgan fingerprint density at radius 3 is 2.62 bits per heavy atom. The number of rotatable bonds is 1. The van der Waals surface area contributed by atoms with Gasteiger partial charge in [-0.25, -0.2) is 0 Å². The summed E-state index contributed by atoms with van der Waals surface area (Å²) in [5, 5.41) is 4.32. The van der Waals surface area contributed by atoms with Gasteiger partial charge in [-0.1, -0.05) is 19.3 Å². The van der Waals surface area contributed by atoms with Crippen molar-refractivity contribution in [2.24, 2.45) is 7.05 Å². The first-order valence-electron chi connectivity index (χ1n) is 4.97. The number of hydrogen-bond acceptors (Lipinski definition) is 1. The molecule has 1 saturated carbocycles. The highest BCUT2D eigenvalue weighted by molar-refractivity contribution is 9.10. The minimum Gasteiger partial charge on any atom is -0.271 e. The van der Waals surface area contributed by atoms with Crippen LogP contribution in [0.4, 0.5) is 0 Å². The fourth-order valence-electron chi connectivity index (χ4n) is 2.23. The van der Waals surface area contributed by atoms with Gasteiger partial charge in [-0.3, -0.25) is 4.68 Å². The summed E-state index contributed by atoms with van der Waals surface area (Å²) in [7, 11) is 2.04. The van der Waals surface area contributed by atoms with Gasteiger partial charge in [0, 0.05) is 18.7 Å². The molecule has 1 aliphatic rings. The predicted molar refractivity (Wildman–Crippen MR) is 56.7 cm³/mol. The minimum absolute atomic E-state index is 0.748. The summed E-state index contributed by atoms with van der Waals surface area (Å²) in [6, 6.07) is 2.16. The summed E-state index contributed by atoms with van der Waals surface area (Å²) in [5.74, 6) is 0.748. The second-order valence-electron chi connectivity index (χ2n) is 3.85. The van der Waals surface area contributed by atoms with E-state index in [9.17, 15) is 0 Å². The van der Waals surface area contributed by atoms with Crippen molar-refractivity contribution in [3.05, 3.63) is 16.4 Å². The summed E-state index contributed by atoms with van der Waals surface area (Å²) in [6.07, 6.45) is 6.86.